The predicted octanol–water partition coefficient (Wildman–Crippen LogP) is 4.45. The summed E-state index contributed by atoms with van der Waals surface area (Å²) < 4.78 is 5.78. The van der Waals surface area contributed by atoms with Crippen LogP contribution in [0.3, 0.4) is 0 Å². The summed E-state index contributed by atoms with van der Waals surface area (Å²) in [6, 6.07) is 14.6. The highest BCUT2D eigenvalue weighted by atomic mass is 35.5. The summed E-state index contributed by atoms with van der Waals surface area (Å²) in [7, 11) is 0. The Kier molecular flexibility index (Phi) is 3.34. The van der Waals surface area contributed by atoms with E-state index in [9.17, 15) is 0 Å². The Labute approximate surface area is 118 Å². The maximum Gasteiger partial charge on any atom is 0.144 e. The molecule has 2 aromatic rings. The molecule has 0 aromatic heterocycles. The molecule has 0 fully saturated rings. The maximum absolute atomic E-state index is 5.96. The van der Waals surface area contributed by atoms with Crippen LogP contribution in [0.4, 0.5) is 5.69 Å². The van der Waals surface area contributed by atoms with Crippen molar-refractivity contribution in [3.05, 3.63) is 58.6 Å². The van der Waals surface area contributed by atoms with Crippen molar-refractivity contribution in [3.8, 4) is 5.75 Å². The van der Waals surface area contributed by atoms with Crippen molar-refractivity contribution >= 4 is 17.3 Å². The second-order valence-electron chi connectivity index (χ2n) is 4.74. The van der Waals surface area contributed by atoms with Crippen LogP contribution in [0.5, 0.6) is 5.75 Å². The number of nitrogens with one attached hydrogen (secondary N) is 1. The molecule has 1 aliphatic rings. The first kappa shape index (κ1) is 12.4. The minimum Gasteiger partial charge on any atom is -0.489 e. The van der Waals surface area contributed by atoms with Crippen LogP contribution < -0.4 is 10.1 Å². The van der Waals surface area contributed by atoms with Crippen molar-refractivity contribution in [3.63, 3.8) is 0 Å². The van der Waals surface area contributed by atoms with E-state index >= 15 is 0 Å². The van der Waals surface area contributed by atoms with Crippen LogP contribution in [0, 0.1) is 0 Å². The lowest BCUT2D eigenvalue weighted by molar-refractivity contribution is 0.286. The number of aryl methyl sites for hydroxylation is 1. The van der Waals surface area contributed by atoms with Gasteiger partial charge in [0.05, 0.1) is 11.7 Å². The highest BCUT2D eigenvalue weighted by Gasteiger charge is 2.20. The fourth-order valence-electron chi connectivity index (χ4n) is 2.30. The Hall–Kier alpha value is -1.67. The number of benzene rings is 2. The first-order chi connectivity index (χ1) is 9.26. The summed E-state index contributed by atoms with van der Waals surface area (Å²) in [6.07, 6.45) is 1.07. The lowest BCUT2D eigenvalue weighted by Crippen LogP contribution is -2.23. The molecule has 0 saturated heterocycles. The van der Waals surface area contributed by atoms with Crippen molar-refractivity contribution < 1.29 is 4.74 Å². The van der Waals surface area contributed by atoms with Gasteiger partial charge in [-0.05, 0) is 29.7 Å². The van der Waals surface area contributed by atoms with Gasteiger partial charge in [-0.15, -0.1) is 0 Å². The van der Waals surface area contributed by atoms with Crippen LogP contribution in [0.2, 0.25) is 5.02 Å². The summed E-state index contributed by atoms with van der Waals surface area (Å²) in [5.74, 6) is 0.828. The molecule has 0 bridgehead atoms. The molecule has 3 heteroatoms. The number of ether oxygens (including phenoxy) is 1. The third-order valence-electron chi connectivity index (χ3n) is 3.47. The van der Waals surface area contributed by atoms with Crippen molar-refractivity contribution in [2.45, 2.75) is 19.4 Å². The third kappa shape index (κ3) is 2.54. The second kappa shape index (κ2) is 5.14. The quantitative estimate of drug-likeness (QED) is 0.873. The Morgan fingerprint density at radius 2 is 2.00 bits per heavy atom. The molecule has 2 nitrogen and oxygen atoms in total. The summed E-state index contributed by atoms with van der Waals surface area (Å²) >= 11 is 5.96. The molecule has 0 unspecified atom stereocenters. The van der Waals surface area contributed by atoms with E-state index in [-0.39, 0.29) is 6.04 Å². The van der Waals surface area contributed by atoms with Gasteiger partial charge in [-0.25, -0.2) is 0 Å². The van der Waals surface area contributed by atoms with Crippen LogP contribution in [-0.2, 0) is 6.42 Å². The molecule has 1 N–H and O–H groups in total. The average Bonchev–Trinajstić information content (AvgIpc) is 2.47. The summed E-state index contributed by atoms with van der Waals surface area (Å²) in [4.78, 5) is 0. The molecule has 3 rings (SSSR count). The lowest BCUT2D eigenvalue weighted by atomic mass is 10.0. The average molecular weight is 274 g/mol. The molecule has 2 aromatic carbocycles. The monoisotopic (exact) mass is 273 g/mol. The molecule has 0 spiro atoms. The van der Waals surface area contributed by atoms with Crippen LogP contribution in [-0.4, -0.2) is 6.61 Å². The molecule has 0 aliphatic carbocycles. The van der Waals surface area contributed by atoms with Crippen LogP contribution >= 0.6 is 11.6 Å². The van der Waals surface area contributed by atoms with E-state index in [0.717, 1.165) is 17.9 Å². The fourth-order valence-corrected chi connectivity index (χ4v) is 2.46. The van der Waals surface area contributed by atoms with Crippen LogP contribution in [0.25, 0.3) is 0 Å². The van der Waals surface area contributed by atoms with Crippen molar-refractivity contribution in [2.75, 3.05) is 11.9 Å². The fraction of sp³-hybridized carbons (Fsp3) is 0.250. The minimum absolute atomic E-state index is 0.194. The highest BCUT2D eigenvalue weighted by Crippen LogP contribution is 2.35. The van der Waals surface area contributed by atoms with E-state index in [2.05, 4.69) is 36.5 Å². The van der Waals surface area contributed by atoms with Crippen LogP contribution in [0.15, 0.2) is 42.5 Å². The number of anilines is 1. The molecule has 1 aliphatic heterocycles. The molecule has 0 saturated carbocycles. The van der Waals surface area contributed by atoms with Gasteiger partial charge in [0.2, 0.25) is 0 Å². The normalized spacial score (nSPS) is 17.3. The van der Waals surface area contributed by atoms with Gasteiger partial charge < -0.3 is 10.1 Å². The Balaban J connectivity index is 1.82. The zero-order valence-electron chi connectivity index (χ0n) is 10.8. The zero-order chi connectivity index (χ0) is 13.2. The van der Waals surface area contributed by atoms with Crippen molar-refractivity contribution in [1.29, 1.82) is 0 Å². The van der Waals surface area contributed by atoms with Gasteiger partial charge >= 0.3 is 0 Å². The number of halogens is 1. The molecular formula is C16H16ClNO. The van der Waals surface area contributed by atoms with E-state index in [1.807, 2.05) is 18.2 Å². The molecule has 1 heterocycles. The van der Waals surface area contributed by atoms with E-state index in [1.165, 1.54) is 11.1 Å². The highest BCUT2D eigenvalue weighted by molar-refractivity contribution is 6.30. The molecule has 19 heavy (non-hydrogen) atoms. The molecule has 1 atom stereocenters. The zero-order valence-corrected chi connectivity index (χ0v) is 11.6. The summed E-state index contributed by atoms with van der Waals surface area (Å²) in [6.45, 7) is 2.79. The molecule has 0 radical (unpaired) electrons. The van der Waals surface area contributed by atoms with Crippen molar-refractivity contribution in [2.24, 2.45) is 0 Å². The van der Waals surface area contributed by atoms with E-state index in [0.29, 0.717) is 11.6 Å². The third-order valence-corrected chi connectivity index (χ3v) is 3.70. The van der Waals surface area contributed by atoms with E-state index in [1.54, 1.807) is 0 Å². The summed E-state index contributed by atoms with van der Waals surface area (Å²) in [5.41, 5.74) is 3.60. The van der Waals surface area contributed by atoms with Gasteiger partial charge in [-0.3, -0.25) is 0 Å². The number of hydrogen-bond donors (Lipinski definition) is 1. The van der Waals surface area contributed by atoms with Crippen LogP contribution in [0.1, 0.15) is 24.1 Å². The van der Waals surface area contributed by atoms with Gasteiger partial charge in [0, 0.05) is 11.1 Å². The summed E-state index contributed by atoms with van der Waals surface area (Å²) in [5, 5.41) is 4.19. The van der Waals surface area contributed by atoms with Gasteiger partial charge in [-0.1, -0.05) is 42.8 Å². The van der Waals surface area contributed by atoms with Crippen molar-refractivity contribution in [1.82, 2.24) is 0 Å². The first-order valence-electron chi connectivity index (χ1n) is 6.54. The number of fused-ring (bicyclic) bond motifs is 1. The van der Waals surface area contributed by atoms with Gasteiger partial charge in [0.15, 0.2) is 0 Å². The van der Waals surface area contributed by atoms with E-state index < -0.39 is 0 Å². The predicted molar refractivity (Wildman–Crippen MR) is 79.1 cm³/mol. The minimum atomic E-state index is 0.194. The maximum atomic E-state index is 5.96. The van der Waals surface area contributed by atoms with Gasteiger partial charge in [0.25, 0.3) is 0 Å². The molecule has 98 valence electrons. The Morgan fingerprint density at radius 1 is 1.21 bits per heavy atom. The number of rotatable bonds is 2. The lowest BCUT2D eigenvalue weighted by Gasteiger charge is -2.28. The molecule has 0 amide bonds. The molecular weight excluding hydrogens is 258 g/mol. The Morgan fingerprint density at radius 3 is 2.74 bits per heavy atom. The SMILES string of the molecule is CCc1ccc([C@H]2COc3cc(Cl)ccc3N2)cc1. The topological polar surface area (TPSA) is 21.3 Å². The second-order valence-corrected chi connectivity index (χ2v) is 5.18. The van der Waals surface area contributed by atoms with Gasteiger partial charge in [0.1, 0.15) is 12.4 Å². The van der Waals surface area contributed by atoms with E-state index in [4.69, 9.17) is 16.3 Å². The standard InChI is InChI=1S/C16H16ClNO/c1-2-11-3-5-12(6-4-11)15-10-19-16-9-13(17)7-8-14(16)18-15/h3-9,15,18H,2,10H2,1H3/t15-/m1/s1. The Bertz CT molecular complexity index is 580. The largest absolute Gasteiger partial charge is 0.489 e. The van der Waals surface area contributed by atoms with Gasteiger partial charge in [-0.2, -0.15) is 0 Å². The number of hydrogen-bond acceptors (Lipinski definition) is 2. The smallest absolute Gasteiger partial charge is 0.144 e. The first-order valence-corrected chi connectivity index (χ1v) is 6.92.